The van der Waals surface area contributed by atoms with Crippen LogP contribution in [0.1, 0.15) is 206 Å². The number of allylic oxidation sites excluding steroid dienone is 4. The first kappa shape index (κ1) is 48.7. The van der Waals surface area contributed by atoms with E-state index in [2.05, 4.69) is 38.2 Å². The molecule has 0 spiro atoms. The first-order valence-corrected chi connectivity index (χ1v) is 21.3. The van der Waals surface area contributed by atoms with Crippen molar-refractivity contribution in [3.8, 4) is 0 Å². The fourth-order valence-corrected chi connectivity index (χ4v) is 6.95. The minimum atomic E-state index is -1.31. The highest BCUT2D eigenvalue weighted by Crippen LogP contribution is 2.29. The van der Waals surface area contributed by atoms with Crippen molar-refractivity contribution in [2.45, 2.75) is 224 Å². The van der Waals surface area contributed by atoms with Crippen molar-refractivity contribution in [2.75, 3.05) is 20.7 Å². The lowest BCUT2D eigenvalue weighted by atomic mass is 9.78. The Balaban J connectivity index is 4.63. The number of hydrogen-bond donors (Lipinski definition) is 3. The van der Waals surface area contributed by atoms with Crippen LogP contribution in [0.25, 0.3) is 0 Å². The molecule has 0 aliphatic heterocycles. The smallest absolute Gasteiger partial charge is 0.160 e. The minimum Gasteiger partial charge on any atom is -0.394 e. The second-order valence-electron chi connectivity index (χ2n) is 15.1. The zero-order valence-electron chi connectivity index (χ0n) is 33.5. The van der Waals surface area contributed by atoms with Crippen molar-refractivity contribution >= 4 is 11.6 Å². The molecule has 0 fully saturated rings. The van der Waals surface area contributed by atoms with E-state index in [0.717, 1.165) is 64.2 Å². The summed E-state index contributed by atoms with van der Waals surface area (Å²) in [6, 6.07) is 0. The molecule has 0 aliphatic rings. The summed E-state index contributed by atoms with van der Waals surface area (Å²) in [5, 5.41) is 29.7. The average Bonchev–Trinajstić information content (AvgIpc) is 3.11. The van der Waals surface area contributed by atoms with E-state index in [0.29, 0.717) is 12.8 Å². The Hall–Kier alpha value is -1.34. The highest BCUT2D eigenvalue weighted by molar-refractivity contribution is 6.11. The summed E-state index contributed by atoms with van der Waals surface area (Å²) in [6.07, 6.45) is 38.7. The zero-order chi connectivity index (χ0) is 37.1. The number of Topliss-reactive ketones (excluding diaryl/α,β-unsaturated/α-hetero) is 2. The van der Waals surface area contributed by atoms with E-state index < -0.39 is 24.4 Å². The van der Waals surface area contributed by atoms with Gasteiger partial charge in [0.1, 0.15) is 11.6 Å². The average molecular weight is 706 g/mol. The quantitative estimate of drug-likeness (QED) is 0.0336. The number of ketones is 2. The molecular formula is C44H83NO5. The molecule has 0 aromatic heterocycles. The normalized spacial score (nSPS) is 14.6. The van der Waals surface area contributed by atoms with E-state index in [1.807, 2.05) is 0 Å². The highest BCUT2D eigenvalue weighted by atomic mass is 16.4. The SMILES string of the molecule is CCCCCCCCC=CCCCCCCCC(=O)C(CCC(O)C(O)CO)(C(=O)CCCCCCCC=CCCCCCCCC)N(C)C. The number of carbonyl (C=O) groups excluding carboxylic acids is 2. The molecule has 0 saturated carbocycles. The van der Waals surface area contributed by atoms with E-state index in [1.54, 1.807) is 19.0 Å². The molecule has 0 heterocycles. The van der Waals surface area contributed by atoms with Gasteiger partial charge in [0.05, 0.1) is 12.7 Å². The monoisotopic (exact) mass is 706 g/mol. The van der Waals surface area contributed by atoms with Gasteiger partial charge < -0.3 is 15.3 Å². The number of carbonyl (C=O) groups is 2. The van der Waals surface area contributed by atoms with Crippen LogP contribution in [0.5, 0.6) is 0 Å². The van der Waals surface area contributed by atoms with Gasteiger partial charge in [0.25, 0.3) is 0 Å². The maximum absolute atomic E-state index is 13.8. The highest BCUT2D eigenvalue weighted by Gasteiger charge is 2.46. The van der Waals surface area contributed by atoms with E-state index in [9.17, 15) is 24.9 Å². The summed E-state index contributed by atoms with van der Waals surface area (Å²) in [4.78, 5) is 29.4. The number of unbranched alkanes of at least 4 members (excludes halogenated alkanes) is 22. The van der Waals surface area contributed by atoms with E-state index in [-0.39, 0.29) is 24.4 Å². The van der Waals surface area contributed by atoms with Crippen molar-refractivity contribution in [3.05, 3.63) is 24.3 Å². The van der Waals surface area contributed by atoms with Crippen LogP contribution in [0.4, 0.5) is 0 Å². The van der Waals surface area contributed by atoms with Crippen LogP contribution in [-0.2, 0) is 9.59 Å². The molecule has 2 unspecified atom stereocenters. The second kappa shape index (κ2) is 34.7. The summed E-state index contributed by atoms with van der Waals surface area (Å²) < 4.78 is 0. The van der Waals surface area contributed by atoms with Gasteiger partial charge in [-0.15, -0.1) is 0 Å². The van der Waals surface area contributed by atoms with Crippen molar-refractivity contribution < 1.29 is 24.9 Å². The standard InChI is InChI=1S/C44H83NO5/c1-5-7-9-11-13-15-17-19-21-23-25-27-29-31-33-35-42(49)44(45(3)4,38-37-40(47)41(48)39-46)43(50)36-34-32-30-28-26-24-22-20-18-16-14-12-10-8-6-2/h19-22,40-41,46-48H,5-18,23-39H2,1-4H3. The first-order chi connectivity index (χ1) is 24.3. The molecule has 294 valence electrons. The van der Waals surface area contributed by atoms with Crippen LogP contribution < -0.4 is 0 Å². The Kier molecular flexibility index (Phi) is 33.8. The van der Waals surface area contributed by atoms with Crippen LogP contribution in [-0.4, -0.2) is 70.2 Å². The lowest BCUT2D eigenvalue weighted by molar-refractivity contribution is -0.143. The molecule has 0 bridgehead atoms. The molecule has 6 heteroatoms. The predicted molar refractivity (Wildman–Crippen MR) is 214 cm³/mol. The summed E-state index contributed by atoms with van der Waals surface area (Å²) in [5.74, 6) is -0.160. The van der Waals surface area contributed by atoms with Crippen molar-refractivity contribution in [2.24, 2.45) is 0 Å². The summed E-state index contributed by atoms with van der Waals surface area (Å²) in [5.41, 5.74) is -1.31. The summed E-state index contributed by atoms with van der Waals surface area (Å²) >= 11 is 0. The molecule has 0 aliphatic carbocycles. The van der Waals surface area contributed by atoms with Crippen LogP contribution in [0, 0.1) is 0 Å². The fraction of sp³-hybridized carbons (Fsp3) is 0.864. The zero-order valence-corrected chi connectivity index (χ0v) is 33.5. The van der Waals surface area contributed by atoms with Gasteiger partial charge in [0, 0.05) is 12.8 Å². The van der Waals surface area contributed by atoms with Crippen LogP contribution >= 0.6 is 0 Å². The third-order valence-electron chi connectivity index (χ3n) is 10.5. The Morgan fingerprint density at radius 1 is 0.520 bits per heavy atom. The third-order valence-corrected chi connectivity index (χ3v) is 10.5. The molecule has 0 saturated heterocycles. The lowest BCUT2D eigenvalue weighted by Gasteiger charge is -2.38. The summed E-state index contributed by atoms with van der Waals surface area (Å²) in [6.45, 7) is 3.96. The number of likely N-dealkylation sites (N-methyl/N-ethyl adjacent to an activating group) is 1. The van der Waals surface area contributed by atoms with Gasteiger partial charge in [0.15, 0.2) is 11.6 Å². The van der Waals surface area contributed by atoms with E-state index in [4.69, 9.17) is 0 Å². The first-order valence-electron chi connectivity index (χ1n) is 21.3. The van der Waals surface area contributed by atoms with Gasteiger partial charge in [-0.1, -0.05) is 141 Å². The molecule has 0 rings (SSSR count). The second-order valence-corrected chi connectivity index (χ2v) is 15.1. The number of nitrogens with zero attached hydrogens (tertiary/aromatic N) is 1. The maximum Gasteiger partial charge on any atom is 0.160 e. The largest absolute Gasteiger partial charge is 0.394 e. The van der Waals surface area contributed by atoms with Gasteiger partial charge in [-0.05, 0) is 91.1 Å². The van der Waals surface area contributed by atoms with Gasteiger partial charge >= 0.3 is 0 Å². The van der Waals surface area contributed by atoms with E-state index in [1.165, 1.54) is 103 Å². The molecule has 50 heavy (non-hydrogen) atoms. The number of hydrogen-bond acceptors (Lipinski definition) is 6. The van der Waals surface area contributed by atoms with Crippen molar-refractivity contribution in [1.82, 2.24) is 4.90 Å². The fourth-order valence-electron chi connectivity index (χ4n) is 6.95. The van der Waals surface area contributed by atoms with Gasteiger partial charge in [-0.2, -0.15) is 0 Å². The van der Waals surface area contributed by atoms with Crippen LogP contribution in [0.2, 0.25) is 0 Å². The molecule has 0 aromatic rings. The van der Waals surface area contributed by atoms with Crippen LogP contribution in [0.15, 0.2) is 24.3 Å². The molecule has 3 N–H and O–H groups in total. The predicted octanol–water partition coefficient (Wildman–Crippen LogP) is 11.0. The van der Waals surface area contributed by atoms with Crippen molar-refractivity contribution in [3.63, 3.8) is 0 Å². The molecular weight excluding hydrogens is 622 g/mol. The minimum absolute atomic E-state index is 0.0795. The molecule has 6 nitrogen and oxygen atoms in total. The number of aliphatic hydroxyl groups excluding tert-OH is 3. The lowest BCUT2D eigenvalue weighted by Crippen LogP contribution is -2.58. The van der Waals surface area contributed by atoms with Gasteiger partial charge in [-0.3, -0.25) is 14.5 Å². The number of rotatable bonds is 38. The Labute approximate surface area is 310 Å². The maximum atomic E-state index is 13.8. The van der Waals surface area contributed by atoms with Crippen molar-refractivity contribution in [1.29, 1.82) is 0 Å². The van der Waals surface area contributed by atoms with Gasteiger partial charge in [0.2, 0.25) is 0 Å². The molecule has 0 radical (unpaired) electrons. The topological polar surface area (TPSA) is 98.1 Å². The number of aliphatic hydroxyl groups is 3. The molecule has 0 amide bonds. The molecule has 2 atom stereocenters. The van der Waals surface area contributed by atoms with Crippen LogP contribution in [0.3, 0.4) is 0 Å². The molecule has 0 aromatic carbocycles. The Bertz CT molecular complexity index is 786. The van der Waals surface area contributed by atoms with Gasteiger partial charge in [-0.25, -0.2) is 0 Å². The Morgan fingerprint density at radius 2 is 0.840 bits per heavy atom. The van der Waals surface area contributed by atoms with E-state index >= 15 is 0 Å². The summed E-state index contributed by atoms with van der Waals surface area (Å²) in [7, 11) is 3.56. The third kappa shape index (κ3) is 24.8. The Morgan fingerprint density at radius 3 is 1.16 bits per heavy atom.